The van der Waals surface area contributed by atoms with E-state index in [4.69, 9.17) is 0 Å². The molecule has 0 saturated heterocycles. The molecule has 0 N–H and O–H groups in total. The van der Waals surface area contributed by atoms with Gasteiger partial charge in [0.1, 0.15) is 0 Å². The average molecular weight is 477 g/mol. The van der Waals surface area contributed by atoms with Crippen LogP contribution >= 0.6 is 0 Å². The molecule has 4 radical (unpaired) electrons. The molecule has 30 heavy (non-hydrogen) atoms. The summed E-state index contributed by atoms with van der Waals surface area (Å²) in [6, 6.07) is 30.5. The topological polar surface area (TPSA) is 22.3 Å². The van der Waals surface area contributed by atoms with Crippen LogP contribution in [0.3, 0.4) is 0 Å². The van der Waals surface area contributed by atoms with Gasteiger partial charge in [0.25, 0.3) is 0 Å². The van der Waals surface area contributed by atoms with Gasteiger partial charge in [-0.15, -0.1) is 0 Å². The molecule has 3 heteroatoms. The minimum atomic E-state index is -0.649. The van der Waals surface area contributed by atoms with Gasteiger partial charge in [-0.1, -0.05) is 139 Å². The average Bonchev–Trinajstić information content (AvgIpc) is 2.80. The van der Waals surface area contributed by atoms with E-state index in [9.17, 15) is 5.41 Å². The van der Waals surface area contributed by atoms with E-state index in [1.807, 2.05) is 96.1 Å². The van der Waals surface area contributed by atoms with E-state index >= 15 is 0 Å². The summed E-state index contributed by atoms with van der Waals surface area (Å²) >= 11 is 0. The van der Waals surface area contributed by atoms with E-state index in [-0.39, 0.29) is 42.5 Å². The van der Waals surface area contributed by atoms with Crippen LogP contribution in [-0.4, -0.2) is 14.1 Å². The van der Waals surface area contributed by atoms with Crippen molar-refractivity contribution in [1.29, 1.82) is 0 Å². The number of benzene rings is 3. The maximum Gasteiger partial charge on any atom is 0.0446 e. The Hall–Kier alpha value is -1.50. The smallest absolute Gasteiger partial charge is 0.0446 e. The molecule has 0 aliphatic rings. The van der Waals surface area contributed by atoms with Gasteiger partial charge in [0.2, 0.25) is 0 Å². The number of nitrogens with zero attached hydrogens (tertiary/aromatic N) is 1. The van der Waals surface area contributed by atoms with Crippen molar-refractivity contribution in [3.05, 3.63) is 113 Å². The first-order valence-electron chi connectivity index (χ1n) is 10.5. The van der Waals surface area contributed by atoms with Crippen molar-refractivity contribution in [3.63, 3.8) is 0 Å². The van der Waals surface area contributed by atoms with Crippen LogP contribution < -0.4 is 0 Å². The predicted molar refractivity (Wildman–Crippen MR) is 135 cm³/mol. The monoisotopic (exact) mass is 477 g/mol. The maximum atomic E-state index is 10.7. The molecule has 0 spiro atoms. The van der Waals surface area contributed by atoms with Crippen molar-refractivity contribution in [2.24, 2.45) is 0 Å². The van der Waals surface area contributed by atoms with E-state index < -0.39 is 5.41 Å². The predicted octanol–water partition coefficient (Wildman–Crippen LogP) is 7.99. The van der Waals surface area contributed by atoms with Gasteiger partial charge in [-0.2, -0.15) is 5.71 Å². The van der Waals surface area contributed by atoms with Crippen LogP contribution in [0.1, 0.15) is 66.6 Å². The Balaban J connectivity index is -0.000000374. The second kappa shape index (κ2) is 19.5. The SMILES string of the molecule is CC.CC.CC.CC(=[N-])C(c1ccccc1)(c1ccccc1)c1ccccc1.[2HH].[B].[Y]. The fourth-order valence-corrected chi connectivity index (χ4v) is 3.19. The van der Waals surface area contributed by atoms with Crippen LogP contribution in [-0.2, 0) is 38.1 Å². The summed E-state index contributed by atoms with van der Waals surface area (Å²) in [5.41, 5.74) is 2.91. The summed E-state index contributed by atoms with van der Waals surface area (Å²) in [6.45, 7) is 13.8. The molecule has 3 aromatic carbocycles. The van der Waals surface area contributed by atoms with Gasteiger partial charge in [0, 0.05) is 48.0 Å². The molecule has 3 aromatic rings. The third-order valence-electron chi connectivity index (χ3n) is 4.16. The van der Waals surface area contributed by atoms with Crippen LogP contribution in [0, 0.1) is 0 Å². The summed E-state index contributed by atoms with van der Waals surface area (Å²) in [4.78, 5) is 0. The summed E-state index contributed by atoms with van der Waals surface area (Å²) in [6.07, 6.45) is 0. The van der Waals surface area contributed by atoms with Gasteiger partial charge in [0.05, 0.1) is 0 Å². The quantitative estimate of drug-likeness (QED) is 0.207. The fraction of sp³-hybridized carbons (Fsp3) is 0.296. The van der Waals surface area contributed by atoms with Gasteiger partial charge < -0.3 is 5.41 Å². The largest absolute Gasteiger partial charge is 0.810 e. The van der Waals surface area contributed by atoms with Crippen LogP contribution in [0.2, 0.25) is 0 Å². The molecule has 3 rings (SSSR count). The van der Waals surface area contributed by atoms with Crippen molar-refractivity contribution >= 4 is 14.1 Å². The molecule has 0 atom stereocenters. The van der Waals surface area contributed by atoms with Gasteiger partial charge in [-0.3, -0.25) is 0 Å². The van der Waals surface area contributed by atoms with Crippen LogP contribution in [0.15, 0.2) is 91.0 Å². The van der Waals surface area contributed by atoms with E-state index in [0.717, 1.165) is 16.7 Å². The zero-order chi connectivity index (χ0) is 21.4. The molecule has 0 saturated carbocycles. The first-order chi connectivity index (χ1) is 13.8. The van der Waals surface area contributed by atoms with Crippen LogP contribution in [0.25, 0.3) is 5.41 Å². The molecule has 0 aromatic heterocycles. The van der Waals surface area contributed by atoms with Gasteiger partial charge in [-0.05, 0) is 16.7 Å². The maximum absolute atomic E-state index is 10.7. The fourth-order valence-electron chi connectivity index (χ4n) is 3.19. The molecule has 0 aliphatic carbocycles. The normalized spacial score (nSPS) is 8.77. The standard InChI is InChI=1S/C21H18N.3C2H6.B.Y.H2/c1-17(22)21(18-11-5-2-6-12-18,19-13-7-3-8-14-19)20-15-9-4-10-16-20;3*1-2;;;/h2-16H,1H3;3*1-2H3;;;1H/q-1;;;;;;/i;;;;;;1+1. The second-order valence-electron chi connectivity index (χ2n) is 5.43. The van der Waals surface area contributed by atoms with Gasteiger partial charge in [-0.25, -0.2) is 0 Å². The Bertz CT molecular complexity index is 668. The molecule has 0 amide bonds. The third kappa shape index (κ3) is 7.97. The molecule has 0 aliphatic heterocycles. The van der Waals surface area contributed by atoms with Crippen molar-refractivity contribution in [2.45, 2.75) is 53.9 Å². The summed E-state index contributed by atoms with van der Waals surface area (Å²) in [5.74, 6) is 0. The van der Waals surface area contributed by atoms with Gasteiger partial charge in [0.15, 0.2) is 0 Å². The Morgan fingerprint density at radius 1 is 0.567 bits per heavy atom. The van der Waals surface area contributed by atoms with Crippen molar-refractivity contribution in [3.8, 4) is 0 Å². The first-order valence-corrected chi connectivity index (χ1v) is 10.5. The summed E-state index contributed by atoms with van der Waals surface area (Å²) in [5, 5.41) is 10.7. The number of hydrogen-bond acceptors (Lipinski definition) is 0. The molecule has 0 fully saturated rings. The van der Waals surface area contributed by atoms with Crippen LogP contribution in [0.5, 0.6) is 0 Å². The van der Waals surface area contributed by atoms with E-state index in [2.05, 4.69) is 36.4 Å². The van der Waals surface area contributed by atoms with Gasteiger partial charge >= 0.3 is 0 Å². The zero-order valence-corrected chi connectivity index (χ0v) is 22.6. The molecular weight excluding hydrogens is 438 g/mol. The summed E-state index contributed by atoms with van der Waals surface area (Å²) in [7, 11) is 0. The Morgan fingerprint density at radius 3 is 0.933 bits per heavy atom. The number of rotatable bonds is 4. The third-order valence-corrected chi connectivity index (χ3v) is 4.16. The van der Waals surface area contributed by atoms with Crippen molar-refractivity contribution < 1.29 is 34.1 Å². The Morgan fingerprint density at radius 2 is 0.767 bits per heavy atom. The van der Waals surface area contributed by atoms with E-state index in [1.54, 1.807) is 6.92 Å². The summed E-state index contributed by atoms with van der Waals surface area (Å²) < 4.78 is 0. The molecular formula is C27H38BNY-. The van der Waals surface area contributed by atoms with Crippen molar-refractivity contribution in [1.82, 2.24) is 0 Å². The first kappa shape index (κ1) is 33.1. The molecule has 0 heterocycles. The molecule has 0 bridgehead atoms. The minimum Gasteiger partial charge on any atom is -0.810 e. The van der Waals surface area contributed by atoms with E-state index in [1.165, 1.54) is 0 Å². The Kier molecular flexibility index (Phi) is 21.5. The van der Waals surface area contributed by atoms with Crippen molar-refractivity contribution in [2.75, 3.05) is 0 Å². The Labute approximate surface area is 214 Å². The molecule has 0 unspecified atom stereocenters. The molecule has 1 nitrogen and oxygen atoms in total. The second-order valence-corrected chi connectivity index (χ2v) is 5.43. The zero-order valence-electron chi connectivity index (χ0n) is 19.8. The van der Waals surface area contributed by atoms with E-state index in [0.29, 0.717) is 5.71 Å². The molecule has 158 valence electrons. The number of hydrogen-bond donors (Lipinski definition) is 0. The minimum absolute atomic E-state index is 0. The van der Waals surface area contributed by atoms with Crippen LogP contribution in [0.4, 0.5) is 0 Å².